The van der Waals surface area contributed by atoms with Gasteiger partial charge in [-0.2, -0.15) is 0 Å². The Morgan fingerprint density at radius 1 is 1.35 bits per heavy atom. The molecule has 1 aliphatic heterocycles. The smallest absolute Gasteiger partial charge is 0.307 e. The van der Waals surface area contributed by atoms with Crippen molar-refractivity contribution in [3.63, 3.8) is 0 Å². The minimum absolute atomic E-state index is 0.0904. The third-order valence-electron chi connectivity index (χ3n) is 3.38. The first-order valence-electron chi connectivity index (χ1n) is 6.57. The number of hydrogen-bond acceptors (Lipinski definition) is 4. The number of nitrogens with zero attached hydrogens (tertiary/aromatic N) is 1. The Morgan fingerprint density at radius 3 is 2.53 bits per heavy atom. The fourth-order valence-electron chi connectivity index (χ4n) is 2.53. The normalized spacial score (nSPS) is 20.2. The van der Waals surface area contributed by atoms with Crippen LogP contribution < -0.4 is 0 Å². The summed E-state index contributed by atoms with van der Waals surface area (Å²) in [6.45, 7) is 7.34. The Kier molecular flexibility index (Phi) is 6.52. The fourth-order valence-corrected chi connectivity index (χ4v) is 2.53. The summed E-state index contributed by atoms with van der Waals surface area (Å²) in [5.41, 5.74) is 0. The molecular formula is C13H25NO3. The van der Waals surface area contributed by atoms with Gasteiger partial charge in [0.25, 0.3) is 0 Å². The molecule has 4 heteroatoms. The Morgan fingerprint density at radius 2 is 2.00 bits per heavy atom. The largest absolute Gasteiger partial charge is 0.466 e. The van der Waals surface area contributed by atoms with Gasteiger partial charge in [-0.05, 0) is 38.8 Å². The molecule has 0 spiro atoms. The zero-order valence-electron chi connectivity index (χ0n) is 11.3. The van der Waals surface area contributed by atoms with Crippen molar-refractivity contribution in [1.82, 2.24) is 4.90 Å². The van der Waals surface area contributed by atoms with Gasteiger partial charge in [0, 0.05) is 13.2 Å². The molecule has 0 aromatic carbocycles. The lowest BCUT2D eigenvalue weighted by atomic mass is 9.98. The average Bonchev–Trinajstić information content (AvgIpc) is 2.79. The predicted octanol–water partition coefficient (Wildman–Crippen LogP) is 1.69. The van der Waals surface area contributed by atoms with E-state index in [4.69, 9.17) is 9.47 Å². The number of likely N-dealkylation sites (tertiary alicyclic amines) is 1. The van der Waals surface area contributed by atoms with Gasteiger partial charge >= 0.3 is 5.97 Å². The molecule has 100 valence electrons. The van der Waals surface area contributed by atoms with E-state index in [1.807, 2.05) is 6.92 Å². The topological polar surface area (TPSA) is 38.8 Å². The molecular weight excluding hydrogens is 218 g/mol. The second-order valence-electron chi connectivity index (χ2n) is 4.75. The molecule has 4 nitrogen and oxygen atoms in total. The highest BCUT2D eigenvalue weighted by Crippen LogP contribution is 2.21. The van der Waals surface area contributed by atoms with Crippen LogP contribution in [0.4, 0.5) is 0 Å². The molecule has 17 heavy (non-hydrogen) atoms. The monoisotopic (exact) mass is 243 g/mol. The van der Waals surface area contributed by atoms with Gasteiger partial charge in [-0.3, -0.25) is 9.69 Å². The number of esters is 1. The van der Waals surface area contributed by atoms with Crippen LogP contribution >= 0.6 is 0 Å². The first kappa shape index (κ1) is 14.5. The van der Waals surface area contributed by atoms with E-state index in [1.165, 1.54) is 12.8 Å². The molecule has 0 bridgehead atoms. The zero-order chi connectivity index (χ0) is 12.7. The number of carbonyl (C=O) groups excluding carboxylic acids is 1. The molecule has 1 aliphatic rings. The first-order valence-corrected chi connectivity index (χ1v) is 6.57. The van der Waals surface area contributed by atoms with E-state index in [9.17, 15) is 4.79 Å². The molecule has 2 unspecified atom stereocenters. The van der Waals surface area contributed by atoms with Gasteiger partial charge in [0.2, 0.25) is 0 Å². The third kappa shape index (κ3) is 4.64. The molecule has 1 fully saturated rings. The van der Waals surface area contributed by atoms with Gasteiger partial charge in [0.05, 0.1) is 19.6 Å². The molecule has 0 aromatic heterocycles. The summed E-state index contributed by atoms with van der Waals surface area (Å²) in [5, 5.41) is 0. The zero-order valence-corrected chi connectivity index (χ0v) is 11.3. The third-order valence-corrected chi connectivity index (χ3v) is 3.38. The molecule has 0 aromatic rings. The van der Waals surface area contributed by atoms with Gasteiger partial charge < -0.3 is 9.47 Å². The first-order chi connectivity index (χ1) is 8.19. The summed E-state index contributed by atoms with van der Waals surface area (Å²) in [7, 11) is 1.71. The van der Waals surface area contributed by atoms with Crippen molar-refractivity contribution in [2.75, 3.05) is 33.4 Å². The van der Waals surface area contributed by atoms with Crippen LogP contribution in [0.3, 0.4) is 0 Å². The number of rotatable bonds is 7. The van der Waals surface area contributed by atoms with E-state index < -0.39 is 0 Å². The van der Waals surface area contributed by atoms with Gasteiger partial charge in [-0.1, -0.05) is 6.92 Å². The van der Waals surface area contributed by atoms with Gasteiger partial charge in [0.15, 0.2) is 0 Å². The SMILES string of the molecule is CCOC(=O)CC(C(C)COC)N1CCCC1. The maximum atomic E-state index is 11.6. The van der Waals surface area contributed by atoms with Crippen molar-refractivity contribution in [2.45, 2.75) is 39.2 Å². The minimum atomic E-state index is -0.0904. The second kappa shape index (κ2) is 7.67. The standard InChI is InChI=1S/C13H25NO3/c1-4-17-13(15)9-12(11(2)10-16-3)14-7-5-6-8-14/h11-12H,4-10H2,1-3H3. The van der Waals surface area contributed by atoms with Crippen LogP contribution in [0.5, 0.6) is 0 Å². The van der Waals surface area contributed by atoms with Crippen molar-refractivity contribution >= 4 is 5.97 Å². The van der Waals surface area contributed by atoms with Crippen molar-refractivity contribution in [2.24, 2.45) is 5.92 Å². The van der Waals surface area contributed by atoms with Gasteiger partial charge in [-0.25, -0.2) is 0 Å². The summed E-state index contributed by atoms with van der Waals surface area (Å²) in [4.78, 5) is 14.0. The Hall–Kier alpha value is -0.610. The van der Waals surface area contributed by atoms with E-state index in [0.29, 0.717) is 25.6 Å². The van der Waals surface area contributed by atoms with Crippen LogP contribution in [0, 0.1) is 5.92 Å². The van der Waals surface area contributed by atoms with Crippen LogP contribution in [0.1, 0.15) is 33.1 Å². The number of methoxy groups -OCH3 is 1. The highest BCUT2D eigenvalue weighted by molar-refractivity contribution is 5.70. The highest BCUT2D eigenvalue weighted by Gasteiger charge is 2.29. The summed E-state index contributed by atoms with van der Waals surface area (Å²) in [6, 6.07) is 0.261. The van der Waals surface area contributed by atoms with Crippen molar-refractivity contribution in [3.8, 4) is 0 Å². The lowest BCUT2D eigenvalue weighted by molar-refractivity contribution is -0.145. The van der Waals surface area contributed by atoms with Crippen LogP contribution in [-0.4, -0.2) is 50.3 Å². The number of carbonyl (C=O) groups is 1. The molecule has 0 radical (unpaired) electrons. The van der Waals surface area contributed by atoms with Gasteiger partial charge in [0.1, 0.15) is 0 Å². The van der Waals surface area contributed by atoms with Crippen LogP contribution in [-0.2, 0) is 14.3 Å². The van der Waals surface area contributed by atoms with E-state index in [1.54, 1.807) is 7.11 Å². The summed E-state index contributed by atoms with van der Waals surface area (Å²) >= 11 is 0. The highest BCUT2D eigenvalue weighted by atomic mass is 16.5. The van der Waals surface area contributed by atoms with Gasteiger partial charge in [-0.15, -0.1) is 0 Å². The van der Waals surface area contributed by atoms with E-state index in [-0.39, 0.29) is 12.0 Å². The van der Waals surface area contributed by atoms with E-state index in [2.05, 4.69) is 11.8 Å². The van der Waals surface area contributed by atoms with Crippen LogP contribution in [0.2, 0.25) is 0 Å². The molecule has 1 saturated heterocycles. The number of hydrogen-bond donors (Lipinski definition) is 0. The lowest BCUT2D eigenvalue weighted by Crippen LogP contribution is -2.41. The molecule has 0 amide bonds. The van der Waals surface area contributed by atoms with Crippen molar-refractivity contribution in [1.29, 1.82) is 0 Å². The molecule has 1 rings (SSSR count). The molecule has 0 N–H and O–H groups in total. The van der Waals surface area contributed by atoms with E-state index in [0.717, 1.165) is 13.1 Å². The van der Waals surface area contributed by atoms with E-state index >= 15 is 0 Å². The molecule has 0 aliphatic carbocycles. The number of ether oxygens (including phenoxy) is 2. The minimum Gasteiger partial charge on any atom is -0.466 e. The Bertz CT molecular complexity index is 227. The fraction of sp³-hybridized carbons (Fsp3) is 0.923. The van der Waals surface area contributed by atoms with Crippen LogP contribution in [0.25, 0.3) is 0 Å². The molecule has 0 saturated carbocycles. The average molecular weight is 243 g/mol. The summed E-state index contributed by atoms with van der Waals surface area (Å²) in [6.07, 6.45) is 2.95. The summed E-state index contributed by atoms with van der Waals surface area (Å²) < 4.78 is 10.3. The lowest BCUT2D eigenvalue weighted by Gasteiger charge is -2.31. The van der Waals surface area contributed by atoms with Crippen LogP contribution in [0.15, 0.2) is 0 Å². The maximum Gasteiger partial charge on any atom is 0.307 e. The second-order valence-corrected chi connectivity index (χ2v) is 4.75. The molecule has 2 atom stereocenters. The summed E-state index contributed by atoms with van der Waals surface area (Å²) in [5.74, 6) is 0.273. The Balaban J connectivity index is 2.54. The maximum absolute atomic E-state index is 11.6. The molecule has 1 heterocycles. The quantitative estimate of drug-likeness (QED) is 0.638. The van der Waals surface area contributed by atoms with Crippen molar-refractivity contribution in [3.05, 3.63) is 0 Å². The van der Waals surface area contributed by atoms with Crippen molar-refractivity contribution < 1.29 is 14.3 Å². The Labute approximate surface area is 104 Å². The predicted molar refractivity (Wildman–Crippen MR) is 66.9 cm³/mol.